The summed E-state index contributed by atoms with van der Waals surface area (Å²) >= 11 is 12.1. The number of anilines is 1. The number of ether oxygens (including phenoxy) is 1. The van der Waals surface area contributed by atoms with Gasteiger partial charge in [0.15, 0.2) is 0 Å². The van der Waals surface area contributed by atoms with Gasteiger partial charge >= 0.3 is 0 Å². The summed E-state index contributed by atoms with van der Waals surface area (Å²) in [7, 11) is -2.72. The molecule has 0 aromatic heterocycles. The van der Waals surface area contributed by atoms with Crippen LogP contribution in [0.3, 0.4) is 0 Å². The Bertz CT molecular complexity index is 1270. The van der Waals surface area contributed by atoms with E-state index >= 15 is 0 Å². The lowest BCUT2D eigenvalue weighted by Crippen LogP contribution is -2.45. The number of amides is 1. The molecule has 3 rings (SSSR count). The average molecular weight is 521 g/mol. The predicted molar refractivity (Wildman–Crippen MR) is 136 cm³/mol. The van der Waals surface area contributed by atoms with Crippen molar-refractivity contribution in [3.8, 4) is 5.75 Å². The number of methoxy groups -OCH3 is 1. The summed E-state index contributed by atoms with van der Waals surface area (Å²) in [6.45, 7) is 3.93. The van der Waals surface area contributed by atoms with E-state index in [1.807, 2.05) is 50.2 Å². The number of hydrogen-bond acceptors (Lipinski definition) is 4. The van der Waals surface area contributed by atoms with Crippen molar-refractivity contribution in [2.24, 2.45) is 0 Å². The van der Waals surface area contributed by atoms with Crippen LogP contribution in [0.2, 0.25) is 10.0 Å². The number of carbonyl (C=O) groups excluding carboxylic acids is 1. The summed E-state index contributed by atoms with van der Waals surface area (Å²) in [6, 6.07) is 17.7. The van der Waals surface area contributed by atoms with Crippen LogP contribution in [-0.2, 0) is 21.2 Å². The maximum Gasteiger partial charge on any atom is 0.245 e. The lowest BCUT2D eigenvalue weighted by atomic mass is 10.0. The van der Waals surface area contributed by atoms with Crippen LogP contribution in [0.15, 0.2) is 71.6 Å². The van der Waals surface area contributed by atoms with Gasteiger partial charge in [0, 0.05) is 5.02 Å². The van der Waals surface area contributed by atoms with E-state index in [0.29, 0.717) is 10.7 Å². The van der Waals surface area contributed by atoms with Crippen molar-refractivity contribution < 1.29 is 17.9 Å². The first-order chi connectivity index (χ1) is 16.1. The third-order valence-corrected chi connectivity index (χ3v) is 7.27. The summed E-state index contributed by atoms with van der Waals surface area (Å²) in [4.78, 5) is 13.2. The molecular weight excluding hydrogens is 495 g/mol. The summed E-state index contributed by atoms with van der Waals surface area (Å²) in [5.74, 6) is -0.262. The number of halogens is 2. The van der Waals surface area contributed by atoms with Crippen molar-refractivity contribution in [1.29, 1.82) is 0 Å². The maximum atomic E-state index is 13.4. The molecule has 0 radical (unpaired) electrons. The minimum atomic E-state index is -4.12. The Kier molecular flexibility index (Phi) is 8.60. The minimum absolute atomic E-state index is 0.0309. The van der Waals surface area contributed by atoms with Gasteiger partial charge in [-0.3, -0.25) is 4.79 Å². The lowest BCUT2D eigenvalue weighted by molar-refractivity contribution is -0.117. The molecular formula is C25H26Cl2N2O4S. The van der Waals surface area contributed by atoms with Gasteiger partial charge in [0.05, 0.1) is 17.8 Å². The molecule has 3 aromatic rings. The Morgan fingerprint density at radius 3 is 2.32 bits per heavy atom. The van der Waals surface area contributed by atoms with Gasteiger partial charge in [0.25, 0.3) is 0 Å². The summed E-state index contributed by atoms with van der Waals surface area (Å²) in [5, 5.41) is 3.36. The molecule has 0 saturated carbocycles. The van der Waals surface area contributed by atoms with Crippen LogP contribution in [-0.4, -0.2) is 27.5 Å². The van der Waals surface area contributed by atoms with Crippen LogP contribution in [0.4, 0.5) is 5.69 Å². The van der Waals surface area contributed by atoms with Crippen LogP contribution in [0, 0.1) is 0 Å². The van der Waals surface area contributed by atoms with Crippen LogP contribution in [0.25, 0.3) is 0 Å². The van der Waals surface area contributed by atoms with Crippen molar-refractivity contribution >= 4 is 44.8 Å². The Morgan fingerprint density at radius 1 is 1.00 bits per heavy atom. The molecule has 1 amide bonds. The zero-order valence-corrected chi connectivity index (χ0v) is 21.3. The normalized spacial score (nSPS) is 12.4. The van der Waals surface area contributed by atoms with E-state index in [-0.39, 0.29) is 28.0 Å². The van der Waals surface area contributed by atoms with Gasteiger partial charge in [-0.2, -0.15) is 4.72 Å². The summed E-state index contributed by atoms with van der Waals surface area (Å²) in [5.41, 5.74) is 1.95. The summed E-state index contributed by atoms with van der Waals surface area (Å²) in [6.07, 6.45) is 0.128. The number of carbonyl (C=O) groups is 1. The third-order valence-electron chi connectivity index (χ3n) is 5.23. The van der Waals surface area contributed by atoms with Crippen LogP contribution in [0.1, 0.15) is 30.9 Å². The van der Waals surface area contributed by atoms with E-state index < -0.39 is 22.0 Å². The van der Waals surface area contributed by atoms with Gasteiger partial charge in [-0.1, -0.05) is 73.4 Å². The number of hydrogen-bond donors (Lipinski definition) is 2. The highest BCUT2D eigenvalue weighted by atomic mass is 35.5. The lowest BCUT2D eigenvalue weighted by Gasteiger charge is -2.21. The molecule has 9 heteroatoms. The minimum Gasteiger partial charge on any atom is -0.495 e. The quantitative estimate of drug-likeness (QED) is 0.381. The van der Waals surface area contributed by atoms with E-state index in [1.165, 1.54) is 13.2 Å². The topological polar surface area (TPSA) is 84.5 Å². The van der Waals surface area contributed by atoms with E-state index in [0.717, 1.165) is 11.1 Å². The molecule has 3 aromatic carbocycles. The maximum absolute atomic E-state index is 13.4. The second-order valence-corrected chi connectivity index (χ2v) is 10.6. The molecule has 0 aliphatic carbocycles. The fourth-order valence-electron chi connectivity index (χ4n) is 3.36. The Labute approximate surface area is 210 Å². The second-order valence-electron chi connectivity index (χ2n) is 8.04. The molecule has 0 saturated heterocycles. The van der Waals surface area contributed by atoms with E-state index in [2.05, 4.69) is 10.0 Å². The molecule has 180 valence electrons. The Balaban J connectivity index is 1.96. The molecule has 1 unspecified atom stereocenters. The molecule has 0 aliphatic heterocycles. The fraction of sp³-hybridized carbons (Fsp3) is 0.240. The average Bonchev–Trinajstić information content (AvgIpc) is 2.80. The van der Waals surface area contributed by atoms with Crippen molar-refractivity contribution in [1.82, 2.24) is 4.72 Å². The molecule has 34 heavy (non-hydrogen) atoms. The Morgan fingerprint density at radius 2 is 1.71 bits per heavy atom. The number of sulfonamides is 1. The largest absolute Gasteiger partial charge is 0.495 e. The van der Waals surface area contributed by atoms with Crippen molar-refractivity contribution in [3.63, 3.8) is 0 Å². The molecule has 1 atom stereocenters. The standard InChI is InChI=1S/C25H26Cl2N2O4S/c1-16(2)18-9-12-23(33-3)24(14-18)34(31,32)29-22(13-17-7-5-4-6-8-17)25(30)28-21-11-10-19(26)15-20(21)27/h4-12,14-16,22,29H,13H2,1-3H3,(H,28,30). The highest BCUT2D eigenvalue weighted by Gasteiger charge is 2.29. The van der Waals surface area contributed by atoms with E-state index in [9.17, 15) is 13.2 Å². The van der Waals surface area contributed by atoms with E-state index in [4.69, 9.17) is 27.9 Å². The van der Waals surface area contributed by atoms with Gasteiger partial charge in [0.1, 0.15) is 16.7 Å². The van der Waals surface area contributed by atoms with Gasteiger partial charge in [-0.15, -0.1) is 0 Å². The predicted octanol–water partition coefficient (Wildman–Crippen LogP) is 5.65. The monoisotopic (exact) mass is 520 g/mol. The molecule has 6 nitrogen and oxygen atoms in total. The van der Waals surface area contributed by atoms with Crippen molar-refractivity contribution in [2.75, 3.05) is 12.4 Å². The first-order valence-corrected chi connectivity index (χ1v) is 12.8. The first kappa shape index (κ1) is 26.0. The van der Waals surface area contributed by atoms with E-state index in [1.54, 1.807) is 24.3 Å². The third kappa shape index (κ3) is 6.51. The van der Waals surface area contributed by atoms with Gasteiger partial charge < -0.3 is 10.1 Å². The number of benzene rings is 3. The van der Waals surface area contributed by atoms with Crippen LogP contribution in [0.5, 0.6) is 5.75 Å². The molecule has 0 bridgehead atoms. The molecule has 0 spiro atoms. The van der Waals surface area contributed by atoms with Crippen molar-refractivity contribution in [2.45, 2.75) is 37.1 Å². The highest BCUT2D eigenvalue weighted by Crippen LogP contribution is 2.29. The molecule has 2 N–H and O–H groups in total. The zero-order valence-electron chi connectivity index (χ0n) is 19.0. The second kappa shape index (κ2) is 11.2. The first-order valence-electron chi connectivity index (χ1n) is 10.6. The number of nitrogens with one attached hydrogen (secondary N) is 2. The summed E-state index contributed by atoms with van der Waals surface area (Å²) < 4.78 is 34.7. The molecule has 0 aliphatic rings. The van der Waals surface area contributed by atoms with Gasteiger partial charge in [-0.05, 0) is 53.8 Å². The van der Waals surface area contributed by atoms with Crippen LogP contribution < -0.4 is 14.8 Å². The number of rotatable bonds is 9. The highest BCUT2D eigenvalue weighted by molar-refractivity contribution is 7.89. The Hall–Kier alpha value is -2.58. The zero-order chi connectivity index (χ0) is 24.9. The van der Waals surface area contributed by atoms with Gasteiger partial charge in [-0.25, -0.2) is 8.42 Å². The fourth-order valence-corrected chi connectivity index (χ4v) is 5.22. The molecule has 0 heterocycles. The van der Waals surface area contributed by atoms with Crippen LogP contribution >= 0.6 is 23.2 Å². The SMILES string of the molecule is COc1ccc(C(C)C)cc1S(=O)(=O)NC(Cc1ccccc1)C(=O)Nc1ccc(Cl)cc1Cl. The van der Waals surface area contributed by atoms with Crippen molar-refractivity contribution in [3.05, 3.63) is 87.9 Å². The van der Waals surface area contributed by atoms with Gasteiger partial charge in [0.2, 0.25) is 15.9 Å². The molecule has 0 fully saturated rings. The smallest absolute Gasteiger partial charge is 0.245 e.